The molecule has 0 rings (SSSR count). The minimum absolute atomic E-state index is 0. The normalized spacial score (nSPS) is 11.1. The average Bonchev–Trinajstić information content (AvgIpc) is 2.10. The summed E-state index contributed by atoms with van der Waals surface area (Å²) in [6, 6.07) is 0. The van der Waals surface area contributed by atoms with Crippen LogP contribution in [0.5, 0.6) is 0 Å². The third-order valence-corrected chi connectivity index (χ3v) is 2.82. The molecule has 6 N–H and O–H groups in total. The van der Waals surface area contributed by atoms with Gasteiger partial charge in [-0.1, -0.05) is 0 Å². The number of rotatable bonds is 6. The standard InChI is InChI=1S/2C3H9NO3S.Sr/c2*4-2-1-3-8(5,6)7;/h2*1-4H2,(H,5,6,7);. The molecule has 0 amide bonds. The van der Waals surface area contributed by atoms with E-state index in [1.54, 1.807) is 0 Å². The Morgan fingerprint density at radius 3 is 1.06 bits per heavy atom. The molecule has 8 nitrogen and oxygen atoms in total. The third-order valence-electron chi connectivity index (χ3n) is 1.21. The van der Waals surface area contributed by atoms with Crippen LogP contribution in [-0.2, 0) is 20.2 Å². The molecular formula is C6H18N2O6S2Sr. The summed E-state index contributed by atoms with van der Waals surface area (Å²) in [6.07, 6.45) is 0.637. The Hall–Kier alpha value is 1.22. The quantitative estimate of drug-likeness (QED) is 0.312. The first-order valence-electron chi connectivity index (χ1n) is 4.43. The third kappa shape index (κ3) is 31.7. The maximum Gasteiger partial charge on any atom is 0.264 e. The fourth-order valence-electron chi connectivity index (χ4n) is 0.531. The van der Waals surface area contributed by atoms with Crippen LogP contribution in [-0.4, -0.2) is 96.0 Å². The van der Waals surface area contributed by atoms with E-state index in [1.807, 2.05) is 0 Å². The van der Waals surface area contributed by atoms with Gasteiger partial charge in [0.1, 0.15) is 0 Å². The minimum Gasteiger partial charge on any atom is -0.330 e. The van der Waals surface area contributed by atoms with Crippen LogP contribution < -0.4 is 11.5 Å². The summed E-state index contributed by atoms with van der Waals surface area (Å²) in [5.74, 6) is -0.465. The molecular weight excluding hydrogens is 348 g/mol. The Kier molecular flexibility index (Phi) is 16.8. The van der Waals surface area contributed by atoms with Gasteiger partial charge in [-0.25, -0.2) is 0 Å². The van der Waals surface area contributed by atoms with Crippen molar-refractivity contribution in [3.63, 3.8) is 0 Å². The van der Waals surface area contributed by atoms with Crippen LogP contribution in [0.1, 0.15) is 12.8 Å². The van der Waals surface area contributed by atoms with Gasteiger partial charge >= 0.3 is 0 Å². The molecule has 0 aliphatic carbocycles. The largest absolute Gasteiger partial charge is 0.330 e. The van der Waals surface area contributed by atoms with Gasteiger partial charge < -0.3 is 11.5 Å². The molecule has 0 aliphatic heterocycles. The zero-order chi connectivity index (χ0) is 13.2. The molecule has 102 valence electrons. The van der Waals surface area contributed by atoms with Gasteiger partial charge in [-0.3, -0.25) is 9.11 Å². The Labute approximate surface area is 139 Å². The second-order valence-electron chi connectivity index (χ2n) is 2.86. The van der Waals surface area contributed by atoms with Gasteiger partial charge in [0.05, 0.1) is 11.5 Å². The first kappa shape index (κ1) is 23.3. The van der Waals surface area contributed by atoms with E-state index in [0.717, 1.165) is 0 Å². The molecule has 0 fully saturated rings. The maximum atomic E-state index is 9.89. The van der Waals surface area contributed by atoms with Crippen molar-refractivity contribution in [1.29, 1.82) is 0 Å². The Morgan fingerprint density at radius 2 is 1.00 bits per heavy atom. The van der Waals surface area contributed by atoms with E-state index < -0.39 is 20.2 Å². The fourth-order valence-corrected chi connectivity index (χ4v) is 1.59. The van der Waals surface area contributed by atoms with Crippen LogP contribution in [0.4, 0.5) is 0 Å². The zero-order valence-corrected chi connectivity index (χ0v) is 14.6. The molecule has 0 aliphatic rings. The zero-order valence-electron chi connectivity index (χ0n) is 9.45. The molecule has 0 atom stereocenters. The van der Waals surface area contributed by atoms with E-state index in [2.05, 4.69) is 0 Å². The summed E-state index contributed by atoms with van der Waals surface area (Å²) in [5, 5.41) is 0. The number of nitrogens with two attached hydrogens (primary N) is 2. The van der Waals surface area contributed by atoms with Gasteiger partial charge in [0, 0.05) is 45.5 Å². The summed E-state index contributed by atoms with van der Waals surface area (Å²) in [4.78, 5) is 0. The Balaban J connectivity index is -0.000000218. The van der Waals surface area contributed by atoms with E-state index in [-0.39, 0.29) is 57.0 Å². The molecule has 0 saturated heterocycles. The van der Waals surface area contributed by atoms with Crippen LogP contribution in [0.3, 0.4) is 0 Å². The average molecular weight is 366 g/mol. The Bertz CT molecular complexity index is 319. The van der Waals surface area contributed by atoms with Crippen molar-refractivity contribution >= 4 is 65.7 Å². The van der Waals surface area contributed by atoms with Gasteiger partial charge in [-0.15, -0.1) is 0 Å². The van der Waals surface area contributed by atoms with Crippen LogP contribution in [0.25, 0.3) is 0 Å². The van der Waals surface area contributed by atoms with E-state index in [4.69, 9.17) is 20.6 Å². The van der Waals surface area contributed by atoms with Crippen molar-refractivity contribution < 1.29 is 25.9 Å². The summed E-state index contributed by atoms with van der Waals surface area (Å²) in [5.41, 5.74) is 9.92. The first-order chi connectivity index (χ1) is 7.12. The minimum atomic E-state index is -3.77. The predicted octanol–water partition coefficient (Wildman–Crippen LogP) is -1.93. The van der Waals surface area contributed by atoms with E-state index in [9.17, 15) is 16.8 Å². The van der Waals surface area contributed by atoms with Crippen LogP contribution in [0.2, 0.25) is 0 Å². The molecule has 0 aromatic rings. The molecule has 0 aromatic heterocycles. The second-order valence-corrected chi connectivity index (χ2v) is 6.00. The van der Waals surface area contributed by atoms with Crippen molar-refractivity contribution in [3.05, 3.63) is 0 Å². The smallest absolute Gasteiger partial charge is 0.264 e. The monoisotopic (exact) mass is 366 g/mol. The van der Waals surface area contributed by atoms with Gasteiger partial charge in [0.2, 0.25) is 0 Å². The number of hydrogen-bond acceptors (Lipinski definition) is 6. The van der Waals surface area contributed by atoms with Crippen molar-refractivity contribution in [2.24, 2.45) is 11.5 Å². The fraction of sp³-hybridized carbons (Fsp3) is 1.00. The molecule has 11 heteroatoms. The van der Waals surface area contributed by atoms with Gasteiger partial charge in [0.15, 0.2) is 0 Å². The summed E-state index contributed by atoms with van der Waals surface area (Å²) < 4.78 is 55.7. The predicted molar refractivity (Wildman–Crippen MR) is 65.9 cm³/mol. The summed E-state index contributed by atoms with van der Waals surface area (Å²) in [7, 11) is -7.53. The molecule has 0 aromatic carbocycles. The van der Waals surface area contributed by atoms with Crippen molar-refractivity contribution in [2.45, 2.75) is 12.8 Å². The van der Waals surface area contributed by atoms with Crippen LogP contribution >= 0.6 is 0 Å². The number of hydrogen-bond donors (Lipinski definition) is 4. The first-order valence-corrected chi connectivity index (χ1v) is 7.64. The molecule has 17 heavy (non-hydrogen) atoms. The maximum absolute atomic E-state index is 9.89. The molecule has 2 radical (unpaired) electrons. The molecule has 0 spiro atoms. The van der Waals surface area contributed by atoms with E-state index in [0.29, 0.717) is 25.9 Å². The van der Waals surface area contributed by atoms with E-state index >= 15 is 0 Å². The van der Waals surface area contributed by atoms with Gasteiger partial charge in [-0.05, 0) is 25.9 Å². The van der Waals surface area contributed by atoms with Gasteiger partial charge in [-0.2, -0.15) is 16.8 Å². The van der Waals surface area contributed by atoms with Gasteiger partial charge in [0.25, 0.3) is 20.2 Å². The topological polar surface area (TPSA) is 161 Å². The van der Waals surface area contributed by atoms with Crippen LogP contribution in [0, 0.1) is 0 Å². The Morgan fingerprint density at radius 1 is 0.765 bits per heavy atom. The molecule has 0 bridgehead atoms. The van der Waals surface area contributed by atoms with Crippen molar-refractivity contribution in [3.8, 4) is 0 Å². The second kappa shape index (κ2) is 12.3. The molecule has 0 heterocycles. The SMILES string of the molecule is NCCCS(=O)(=O)O.NCCCS(=O)(=O)O.[Sr]. The van der Waals surface area contributed by atoms with Crippen molar-refractivity contribution in [2.75, 3.05) is 24.6 Å². The van der Waals surface area contributed by atoms with Crippen LogP contribution in [0.15, 0.2) is 0 Å². The summed E-state index contributed by atoms with van der Waals surface area (Å²) >= 11 is 0. The summed E-state index contributed by atoms with van der Waals surface area (Å²) in [6.45, 7) is 0.583. The van der Waals surface area contributed by atoms with E-state index in [1.165, 1.54) is 0 Å². The van der Waals surface area contributed by atoms with Crippen molar-refractivity contribution in [1.82, 2.24) is 0 Å². The molecule has 0 unspecified atom stereocenters. The molecule has 0 saturated carbocycles.